The Morgan fingerprint density at radius 1 is 1.16 bits per heavy atom. The molecule has 10 nitrogen and oxygen atoms in total. The van der Waals surface area contributed by atoms with E-state index >= 15 is 0 Å². The second-order valence-corrected chi connectivity index (χ2v) is 10.2. The second kappa shape index (κ2) is 11.9. The molecule has 2 N–H and O–H groups in total. The van der Waals surface area contributed by atoms with Crippen LogP contribution in [0.3, 0.4) is 0 Å². The summed E-state index contributed by atoms with van der Waals surface area (Å²) in [4.78, 5) is 50.9. The number of likely N-dealkylation sites (tertiary alicyclic amines) is 1. The molecule has 1 saturated heterocycles. The van der Waals surface area contributed by atoms with Gasteiger partial charge < -0.3 is 15.3 Å². The van der Waals surface area contributed by atoms with Gasteiger partial charge in [-0.15, -0.1) is 0 Å². The number of urea groups is 1. The molecule has 0 saturated carbocycles. The number of carboxylic acid groups (broad SMARTS) is 1. The van der Waals surface area contributed by atoms with Gasteiger partial charge >= 0.3 is 12.0 Å². The van der Waals surface area contributed by atoms with Crippen molar-refractivity contribution in [2.24, 2.45) is 5.92 Å². The number of benzene rings is 1. The molecule has 2 aliphatic rings. The summed E-state index contributed by atoms with van der Waals surface area (Å²) in [6, 6.07) is 5.11. The minimum absolute atomic E-state index is 0.0512. The fourth-order valence-corrected chi connectivity index (χ4v) is 5.15. The fraction of sp³-hybridized carbons (Fsp3) is 0.444. The molecule has 202 valence electrons. The van der Waals surface area contributed by atoms with Crippen molar-refractivity contribution in [1.29, 1.82) is 0 Å². The van der Waals surface area contributed by atoms with Crippen LogP contribution in [-0.4, -0.2) is 82.1 Å². The van der Waals surface area contributed by atoms with E-state index in [0.29, 0.717) is 40.8 Å². The molecule has 0 bridgehead atoms. The molecule has 0 aliphatic carbocycles. The van der Waals surface area contributed by atoms with Gasteiger partial charge in [0.15, 0.2) is 0 Å². The molecule has 4 rings (SSSR count). The topological polar surface area (TPSA) is 119 Å². The van der Waals surface area contributed by atoms with Crippen molar-refractivity contribution in [3.8, 4) is 0 Å². The van der Waals surface area contributed by atoms with Crippen LogP contribution in [-0.2, 0) is 4.79 Å². The molecule has 11 heteroatoms. The van der Waals surface area contributed by atoms with Crippen molar-refractivity contribution >= 4 is 35.2 Å². The molecule has 1 unspecified atom stereocenters. The van der Waals surface area contributed by atoms with Crippen LogP contribution in [0.4, 0.5) is 10.5 Å². The summed E-state index contributed by atoms with van der Waals surface area (Å²) >= 11 is 6.31. The number of hydrogen-bond donors (Lipinski definition) is 2. The van der Waals surface area contributed by atoms with Crippen molar-refractivity contribution < 1.29 is 19.5 Å². The van der Waals surface area contributed by atoms with Crippen LogP contribution in [0.1, 0.15) is 40.2 Å². The van der Waals surface area contributed by atoms with Crippen LogP contribution < -0.4 is 10.2 Å². The second-order valence-electron chi connectivity index (χ2n) is 9.83. The number of aryl methyl sites for hydroxylation is 3. The predicted molar refractivity (Wildman–Crippen MR) is 144 cm³/mol. The maximum Gasteiger partial charge on any atom is 0.321 e. The summed E-state index contributed by atoms with van der Waals surface area (Å²) in [7, 11) is 0. The first-order valence-corrected chi connectivity index (χ1v) is 13.1. The lowest BCUT2D eigenvalue weighted by molar-refractivity contribution is -0.136. The minimum Gasteiger partial charge on any atom is -0.481 e. The summed E-state index contributed by atoms with van der Waals surface area (Å²) in [6.45, 7) is 9.10. The van der Waals surface area contributed by atoms with Gasteiger partial charge in [-0.25, -0.2) is 14.8 Å². The van der Waals surface area contributed by atoms with E-state index in [-0.39, 0.29) is 30.8 Å². The van der Waals surface area contributed by atoms with Gasteiger partial charge in [-0.1, -0.05) is 17.7 Å². The van der Waals surface area contributed by atoms with E-state index in [1.165, 1.54) is 11.9 Å². The summed E-state index contributed by atoms with van der Waals surface area (Å²) in [6.07, 6.45) is 4.02. The molecule has 38 heavy (non-hydrogen) atoms. The monoisotopic (exact) mass is 540 g/mol. The number of nitrogens with one attached hydrogen (secondary N) is 1. The molecular formula is C27H33ClN6O4. The first-order chi connectivity index (χ1) is 18.1. The molecule has 2 aliphatic heterocycles. The van der Waals surface area contributed by atoms with Crippen molar-refractivity contribution in [2.45, 2.75) is 33.6 Å². The Balaban J connectivity index is 1.34. The van der Waals surface area contributed by atoms with Crippen LogP contribution in [0.15, 0.2) is 36.3 Å². The van der Waals surface area contributed by atoms with Crippen LogP contribution in [0.5, 0.6) is 0 Å². The molecule has 3 amide bonds. The number of rotatable bonds is 9. The van der Waals surface area contributed by atoms with Crippen molar-refractivity contribution in [3.63, 3.8) is 0 Å². The molecular weight excluding hydrogens is 508 g/mol. The predicted octanol–water partition coefficient (Wildman–Crippen LogP) is 3.41. The number of amides is 3. The van der Waals surface area contributed by atoms with Gasteiger partial charge in [0.1, 0.15) is 6.33 Å². The van der Waals surface area contributed by atoms with Crippen LogP contribution in [0.25, 0.3) is 0 Å². The Labute approximate surface area is 227 Å². The lowest BCUT2D eigenvalue weighted by Gasteiger charge is -2.25. The molecule has 1 aromatic heterocycles. The van der Waals surface area contributed by atoms with E-state index in [0.717, 1.165) is 31.6 Å². The van der Waals surface area contributed by atoms with Gasteiger partial charge in [-0.3, -0.25) is 19.4 Å². The van der Waals surface area contributed by atoms with Crippen LogP contribution >= 0.6 is 11.6 Å². The highest BCUT2D eigenvalue weighted by atomic mass is 35.5. The van der Waals surface area contributed by atoms with E-state index in [2.05, 4.69) is 20.2 Å². The third-order valence-corrected chi connectivity index (χ3v) is 7.44. The molecule has 0 radical (unpaired) electrons. The van der Waals surface area contributed by atoms with Crippen LogP contribution in [0.2, 0.25) is 5.02 Å². The highest BCUT2D eigenvalue weighted by molar-refractivity contribution is 6.31. The summed E-state index contributed by atoms with van der Waals surface area (Å²) in [5.74, 6) is -0.738. The Kier molecular flexibility index (Phi) is 8.63. The first kappa shape index (κ1) is 27.5. The number of hydrogen-bond acceptors (Lipinski definition) is 6. The number of carbonyl (C=O) groups is 3. The number of anilines is 1. The average molecular weight is 541 g/mol. The lowest BCUT2D eigenvalue weighted by atomic mass is 10.1. The zero-order valence-electron chi connectivity index (χ0n) is 21.9. The largest absolute Gasteiger partial charge is 0.481 e. The summed E-state index contributed by atoms with van der Waals surface area (Å²) in [5, 5.41) is 12.1. The summed E-state index contributed by atoms with van der Waals surface area (Å²) < 4.78 is 0. The Morgan fingerprint density at radius 2 is 1.89 bits per heavy atom. The van der Waals surface area contributed by atoms with E-state index in [1.807, 2.05) is 39.1 Å². The Bertz CT molecular complexity index is 1250. The Hall–Kier alpha value is -3.50. The third kappa shape index (κ3) is 6.31. The van der Waals surface area contributed by atoms with E-state index < -0.39 is 5.97 Å². The van der Waals surface area contributed by atoms with Gasteiger partial charge in [0, 0.05) is 62.1 Å². The van der Waals surface area contributed by atoms with Crippen molar-refractivity contribution in [1.82, 2.24) is 25.1 Å². The highest BCUT2D eigenvalue weighted by Crippen LogP contribution is 2.31. The Morgan fingerprint density at radius 3 is 2.55 bits per heavy atom. The molecule has 3 heterocycles. The first-order valence-electron chi connectivity index (χ1n) is 12.7. The highest BCUT2D eigenvalue weighted by Gasteiger charge is 2.36. The van der Waals surface area contributed by atoms with Gasteiger partial charge in [0.05, 0.1) is 23.4 Å². The van der Waals surface area contributed by atoms with Gasteiger partial charge in [0.25, 0.3) is 5.91 Å². The molecule has 1 aromatic carbocycles. The maximum atomic E-state index is 13.1. The number of carboxylic acids is 1. The summed E-state index contributed by atoms with van der Waals surface area (Å²) in [5.41, 5.74) is 4.76. The fourth-order valence-electron chi connectivity index (χ4n) is 4.97. The van der Waals surface area contributed by atoms with Crippen LogP contribution in [0, 0.1) is 26.7 Å². The number of aromatic nitrogens is 2. The SMILES string of the molecule is Cc1ccc(N(CCCN2CC3=CN(C(=O)c4c(C)ncnc4C)CC3C2)C(=O)NCCC(=O)O)cc1Cl. The van der Waals surface area contributed by atoms with Gasteiger partial charge in [0.2, 0.25) is 0 Å². The van der Waals surface area contributed by atoms with Gasteiger partial charge in [-0.05, 0) is 50.5 Å². The number of carbonyl (C=O) groups excluding carboxylic acids is 2. The average Bonchev–Trinajstić information content (AvgIpc) is 3.42. The minimum atomic E-state index is -0.966. The molecule has 1 atom stereocenters. The van der Waals surface area contributed by atoms with E-state index in [1.54, 1.807) is 15.9 Å². The van der Waals surface area contributed by atoms with Gasteiger partial charge in [-0.2, -0.15) is 0 Å². The molecule has 1 fully saturated rings. The standard InChI is InChI=1S/C27H33ClN6O4/c1-17-5-6-22(11-23(17)28)34(27(38)29-8-7-24(35)36)10-4-9-32-12-20-14-33(15-21(20)13-32)26(37)25-18(2)30-16-31-19(25)3/h5-6,11,14,16,21H,4,7-10,12-13,15H2,1-3H3,(H,29,38)(H,35,36). The molecule has 2 aromatic rings. The number of halogens is 1. The zero-order valence-corrected chi connectivity index (χ0v) is 22.7. The van der Waals surface area contributed by atoms with E-state index in [9.17, 15) is 14.4 Å². The quantitative estimate of drug-likeness (QED) is 0.500. The van der Waals surface area contributed by atoms with Crippen molar-refractivity contribution in [3.05, 3.63) is 63.8 Å². The zero-order chi connectivity index (χ0) is 27.4. The lowest BCUT2D eigenvalue weighted by Crippen LogP contribution is -2.42. The smallest absolute Gasteiger partial charge is 0.321 e. The third-order valence-electron chi connectivity index (χ3n) is 7.03. The number of fused-ring (bicyclic) bond motifs is 1. The van der Waals surface area contributed by atoms with E-state index in [4.69, 9.17) is 16.7 Å². The maximum absolute atomic E-state index is 13.1. The molecule has 0 spiro atoms. The number of aliphatic carboxylic acids is 1. The normalized spacial score (nSPS) is 16.8. The number of nitrogens with zero attached hydrogens (tertiary/aromatic N) is 5. The van der Waals surface area contributed by atoms with Crippen molar-refractivity contribution in [2.75, 3.05) is 44.2 Å².